The highest BCUT2D eigenvalue weighted by Gasteiger charge is 2.20. The molecule has 1 amide bonds. The third kappa shape index (κ3) is 4.44. The molecule has 116 valence electrons. The van der Waals surface area contributed by atoms with E-state index in [-0.39, 0.29) is 12.6 Å². The van der Waals surface area contributed by atoms with Crippen molar-refractivity contribution < 1.29 is 19.4 Å². The van der Waals surface area contributed by atoms with Crippen LogP contribution in [0.25, 0.3) is 0 Å². The van der Waals surface area contributed by atoms with Crippen LogP contribution in [0.3, 0.4) is 0 Å². The summed E-state index contributed by atoms with van der Waals surface area (Å²) in [5, 5.41) is 9.22. The lowest BCUT2D eigenvalue weighted by molar-refractivity contribution is -0.142. The van der Waals surface area contributed by atoms with Gasteiger partial charge in [-0.2, -0.15) is 0 Å². The molecule has 21 heavy (non-hydrogen) atoms. The monoisotopic (exact) mass is 313 g/mol. The smallest absolute Gasteiger partial charge is 0.329 e. The summed E-state index contributed by atoms with van der Waals surface area (Å²) in [7, 11) is 0. The van der Waals surface area contributed by atoms with Crippen molar-refractivity contribution in [3.05, 3.63) is 28.3 Å². The van der Waals surface area contributed by atoms with Crippen LogP contribution in [-0.2, 0) is 27.2 Å². The number of carbonyl (C=O) groups excluding carboxylic acids is 1. The van der Waals surface area contributed by atoms with Crippen LogP contribution in [0.15, 0.2) is 12.1 Å². The molecule has 0 fully saturated rings. The molecular weight excluding hydrogens is 294 g/mol. The molecule has 0 saturated carbocycles. The second-order valence-electron chi connectivity index (χ2n) is 4.56. The minimum atomic E-state index is -1.07. The zero-order valence-corrected chi connectivity index (χ0v) is 13.2. The van der Waals surface area contributed by atoms with E-state index in [1.165, 1.54) is 11.8 Å². The second kappa shape index (κ2) is 8.00. The standard InChI is InChI=1S/C15H20ClNO4/c1-4-11-6-7-13(16)12(5-2)15(11)17(10(3)18)9-21-8-14(19)20/h6-7H,4-5,8-9H2,1-3H3,(H,19,20). The Morgan fingerprint density at radius 3 is 2.43 bits per heavy atom. The van der Waals surface area contributed by atoms with E-state index in [0.717, 1.165) is 23.2 Å². The number of rotatable bonds is 7. The van der Waals surface area contributed by atoms with Crippen LogP contribution in [0, 0.1) is 0 Å². The van der Waals surface area contributed by atoms with Gasteiger partial charge in [-0.25, -0.2) is 4.79 Å². The summed E-state index contributed by atoms with van der Waals surface area (Å²) in [6, 6.07) is 3.70. The predicted octanol–water partition coefficient (Wildman–Crippen LogP) is 2.88. The van der Waals surface area contributed by atoms with Crippen molar-refractivity contribution in [3.8, 4) is 0 Å². The van der Waals surface area contributed by atoms with Gasteiger partial charge in [0.2, 0.25) is 5.91 Å². The van der Waals surface area contributed by atoms with Gasteiger partial charge in [0.1, 0.15) is 13.3 Å². The van der Waals surface area contributed by atoms with E-state index < -0.39 is 12.6 Å². The number of aryl methyl sites for hydroxylation is 1. The SMILES string of the molecule is CCc1ccc(Cl)c(CC)c1N(COCC(=O)O)C(C)=O. The van der Waals surface area contributed by atoms with Gasteiger partial charge in [0, 0.05) is 11.9 Å². The molecule has 6 heteroatoms. The number of amides is 1. The molecule has 0 radical (unpaired) electrons. The molecule has 0 aliphatic rings. The first-order valence-electron chi connectivity index (χ1n) is 6.80. The molecule has 0 aliphatic carbocycles. The molecular formula is C15H20ClNO4. The van der Waals surface area contributed by atoms with Crippen molar-refractivity contribution in [2.24, 2.45) is 0 Å². The van der Waals surface area contributed by atoms with Crippen LogP contribution in [0.4, 0.5) is 5.69 Å². The third-order valence-electron chi connectivity index (χ3n) is 3.14. The van der Waals surface area contributed by atoms with Gasteiger partial charge in [0.25, 0.3) is 0 Å². The van der Waals surface area contributed by atoms with E-state index in [9.17, 15) is 9.59 Å². The molecule has 0 aromatic heterocycles. The second-order valence-corrected chi connectivity index (χ2v) is 4.97. The van der Waals surface area contributed by atoms with Crippen molar-refractivity contribution in [2.75, 3.05) is 18.2 Å². The summed E-state index contributed by atoms with van der Waals surface area (Å²) in [6.07, 6.45) is 1.41. The third-order valence-corrected chi connectivity index (χ3v) is 3.49. The average Bonchev–Trinajstić information content (AvgIpc) is 2.42. The number of hydrogen-bond donors (Lipinski definition) is 1. The number of hydrogen-bond acceptors (Lipinski definition) is 3. The first-order valence-corrected chi connectivity index (χ1v) is 7.18. The van der Waals surface area contributed by atoms with Crippen LogP contribution >= 0.6 is 11.6 Å². The summed E-state index contributed by atoms with van der Waals surface area (Å²) in [5.74, 6) is -1.29. The van der Waals surface area contributed by atoms with Gasteiger partial charge in [0.05, 0.1) is 5.69 Å². The van der Waals surface area contributed by atoms with Crippen molar-refractivity contribution in [2.45, 2.75) is 33.6 Å². The van der Waals surface area contributed by atoms with Gasteiger partial charge >= 0.3 is 5.97 Å². The van der Waals surface area contributed by atoms with E-state index in [2.05, 4.69) is 0 Å². The van der Waals surface area contributed by atoms with E-state index in [0.29, 0.717) is 11.4 Å². The molecule has 0 unspecified atom stereocenters. The summed E-state index contributed by atoms with van der Waals surface area (Å²) < 4.78 is 5.07. The molecule has 0 spiro atoms. The number of carbonyl (C=O) groups is 2. The lowest BCUT2D eigenvalue weighted by Crippen LogP contribution is -2.33. The fraction of sp³-hybridized carbons (Fsp3) is 0.467. The Morgan fingerprint density at radius 1 is 1.29 bits per heavy atom. The van der Waals surface area contributed by atoms with Crippen LogP contribution in [0.2, 0.25) is 5.02 Å². The number of nitrogens with zero attached hydrogens (tertiary/aromatic N) is 1. The number of benzene rings is 1. The van der Waals surface area contributed by atoms with Gasteiger partial charge in [-0.3, -0.25) is 9.69 Å². The number of carboxylic acid groups (broad SMARTS) is 1. The van der Waals surface area contributed by atoms with Gasteiger partial charge in [-0.05, 0) is 30.0 Å². The van der Waals surface area contributed by atoms with E-state index in [4.69, 9.17) is 21.4 Å². The molecule has 1 N–H and O–H groups in total. The van der Waals surface area contributed by atoms with E-state index in [1.807, 2.05) is 26.0 Å². The summed E-state index contributed by atoms with van der Waals surface area (Å²) in [5.41, 5.74) is 2.57. The molecule has 0 saturated heterocycles. The Labute approximate surface area is 129 Å². The minimum Gasteiger partial charge on any atom is -0.480 e. The molecule has 1 rings (SSSR count). The molecule has 0 bridgehead atoms. The number of halogens is 1. The van der Waals surface area contributed by atoms with E-state index >= 15 is 0 Å². The maximum absolute atomic E-state index is 11.9. The molecule has 1 aromatic rings. The molecule has 0 aliphatic heterocycles. The van der Waals surface area contributed by atoms with Crippen LogP contribution in [0.1, 0.15) is 31.9 Å². The Balaban J connectivity index is 3.20. The topological polar surface area (TPSA) is 66.8 Å². The van der Waals surface area contributed by atoms with Crippen molar-refractivity contribution in [1.82, 2.24) is 0 Å². The normalized spacial score (nSPS) is 10.5. The first kappa shape index (κ1) is 17.5. The van der Waals surface area contributed by atoms with Gasteiger partial charge in [-0.1, -0.05) is 31.5 Å². The molecule has 0 heterocycles. The number of aliphatic carboxylic acids is 1. The lowest BCUT2D eigenvalue weighted by atomic mass is 10.0. The molecule has 1 aromatic carbocycles. The highest BCUT2D eigenvalue weighted by atomic mass is 35.5. The quantitative estimate of drug-likeness (QED) is 0.786. The first-order chi connectivity index (χ1) is 9.92. The summed E-state index contributed by atoms with van der Waals surface area (Å²) in [6.45, 7) is 4.81. The van der Waals surface area contributed by atoms with Crippen LogP contribution < -0.4 is 4.90 Å². The Kier molecular flexibility index (Phi) is 6.65. The minimum absolute atomic E-state index is 0.109. The maximum Gasteiger partial charge on any atom is 0.329 e. The average molecular weight is 314 g/mol. The fourth-order valence-corrected chi connectivity index (χ4v) is 2.44. The molecule has 0 atom stereocenters. The van der Waals surface area contributed by atoms with E-state index in [1.54, 1.807) is 0 Å². The van der Waals surface area contributed by atoms with Gasteiger partial charge < -0.3 is 9.84 Å². The Bertz CT molecular complexity index is 531. The number of ether oxygens (including phenoxy) is 1. The summed E-state index contributed by atoms with van der Waals surface area (Å²) >= 11 is 6.22. The largest absolute Gasteiger partial charge is 0.480 e. The maximum atomic E-state index is 11.9. The number of carboxylic acids is 1. The fourth-order valence-electron chi connectivity index (χ4n) is 2.16. The van der Waals surface area contributed by atoms with Gasteiger partial charge in [-0.15, -0.1) is 0 Å². The summed E-state index contributed by atoms with van der Waals surface area (Å²) in [4.78, 5) is 23.9. The zero-order valence-electron chi connectivity index (χ0n) is 12.5. The van der Waals surface area contributed by atoms with Crippen molar-refractivity contribution in [1.29, 1.82) is 0 Å². The predicted molar refractivity (Wildman–Crippen MR) is 81.8 cm³/mol. The van der Waals surface area contributed by atoms with Crippen LogP contribution in [0.5, 0.6) is 0 Å². The lowest BCUT2D eigenvalue weighted by Gasteiger charge is -2.26. The highest BCUT2D eigenvalue weighted by Crippen LogP contribution is 2.32. The highest BCUT2D eigenvalue weighted by molar-refractivity contribution is 6.32. The molecule has 5 nitrogen and oxygen atoms in total. The number of anilines is 1. The van der Waals surface area contributed by atoms with Crippen molar-refractivity contribution in [3.63, 3.8) is 0 Å². The Morgan fingerprint density at radius 2 is 1.95 bits per heavy atom. The van der Waals surface area contributed by atoms with Crippen molar-refractivity contribution >= 4 is 29.2 Å². The van der Waals surface area contributed by atoms with Gasteiger partial charge in [0.15, 0.2) is 0 Å². The zero-order chi connectivity index (χ0) is 16.0. The van der Waals surface area contributed by atoms with Crippen LogP contribution in [-0.4, -0.2) is 30.3 Å². The Hall–Kier alpha value is -1.59.